The quantitative estimate of drug-likeness (QED) is 0.627. The summed E-state index contributed by atoms with van der Waals surface area (Å²) in [5.74, 6) is -0.672. The number of aromatic amines is 1. The topological polar surface area (TPSA) is 91.9 Å². The number of thiol groups is 1. The number of hydrogen-bond acceptors (Lipinski definition) is 4. The molecule has 3 aromatic rings. The van der Waals surface area contributed by atoms with Crippen LogP contribution in [0.25, 0.3) is 22.2 Å². The molecule has 0 aliphatic heterocycles. The summed E-state index contributed by atoms with van der Waals surface area (Å²) in [6, 6.07) is 8.77. The Morgan fingerprint density at radius 2 is 1.91 bits per heavy atom. The van der Waals surface area contributed by atoms with Crippen molar-refractivity contribution in [3.05, 3.63) is 58.8 Å². The Labute approximate surface area is 137 Å². The molecule has 0 aliphatic carbocycles. The van der Waals surface area contributed by atoms with Gasteiger partial charge in [0.15, 0.2) is 0 Å². The fourth-order valence-electron chi connectivity index (χ4n) is 2.19. The van der Waals surface area contributed by atoms with Gasteiger partial charge < -0.3 is 4.98 Å². The van der Waals surface area contributed by atoms with Crippen LogP contribution in [0, 0.1) is 5.82 Å². The molecule has 0 radical (unpaired) electrons. The van der Waals surface area contributed by atoms with Crippen molar-refractivity contribution in [2.24, 2.45) is 0 Å². The van der Waals surface area contributed by atoms with Gasteiger partial charge in [-0.05, 0) is 35.4 Å². The third-order valence-electron chi connectivity index (χ3n) is 3.12. The lowest BCUT2D eigenvalue weighted by Crippen LogP contribution is -2.04. The fourth-order valence-corrected chi connectivity index (χ4v) is 2.56. The predicted molar refractivity (Wildman–Crippen MR) is 88.9 cm³/mol. The number of halogens is 2. The van der Waals surface area contributed by atoms with E-state index in [1.165, 1.54) is 30.5 Å². The number of fused-ring (bicyclic) bond motifs is 1. The van der Waals surface area contributed by atoms with Crippen molar-refractivity contribution in [2.75, 3.05) is 4.72 Å². The maximum Gasteiger partial charge on any atom is 0.249 e. The minimum Gasteiger partial charge on any atom is -0.307 e. The first-order valence-corrected chi connectivity index (χ1v) is 7.41. The van der Waals surface area contributed by atoms with Crippen LogP contribution in [0.2, 0.25) is 0 Å². The van der Waals surface area contributed by atoms with Crippen LogP contribution in [0.3, 0.4) is 0 Å². The summed E-state index contributed by atoms with van der Waals surface area (Å²) in [5.41, 5.74) is 1.29. The molecule has 2 N–H and O–H groups in total. The molecule has 0 bridgehead atoms. The number of nitrogens with zero attached hydrogens (tertiary/aromatic N) is 1. The largest absolute Gasteiger partial charge is 0.307 e. The summed E-state index contributed by atoms with van der Waals surface area (Å²) in [6.07, 6.45) is 1.51. The average Bonchev–Trinajstić information content (AvgIpc) is 2.48. The Balaban J connectivity index is 0.00000192. The standard InChI is InChI=1S/C14H10FN3O3S.ClH/c15-11-3-1-8(7-12(11)18-22(20)21)9-5-6-16-14-10(9)2-4-13(19)17-14;/h1-7,22H,(H,16,17,19)(H,18,20,21);1H. The summed E-state index contributed by atoms with van der Waals surface area (Å²) in [5, 5.41) is 0.672. The van der Waals surface area contributed by atoms with Gasteiger partial charge in [0, 0.05) is 17.6 Å². The van der Waals surface area contributed by atoms with Gasteiger partial charge in [-0.3, -0.25) is 9.52 Å². The molecule has 0 fully saturated rings. The van der Waals surface area contributed by atoms with E-state index >= 15 is 0 Å². The fraction of sp³-hybridized carbons (Fsp3) is 0. The summed E-state index contributed by atoms with van der Waals surface area (Å²) < 4.78 is 37.1. The van der Waals surface area contributed by atoms with E-state index < -0.39 is 16.7 Å². The SMILES string of the molecule is Cl.O=c1ccc2c(-c3ccc(F)c(N[SH](=O)=O)c3)ccnc2[nH]1. The van der Waals surface area contributed by atoms with Crippen LogP contribution in [-0.4, -0.2) is 18.4 Å². The highest BCUT2D eigenvalue weighted by Crippen LogP contribution is 2.29. The Hall–Kier alpha value is -2.45. The molecule has 120 valence electrons. The van der Waals surface area contributed by atoms with E-state index in [0.717, 1.165) is 0 Å². The highest BCUT2D eigenvalue weighted by atomic mass is 35.5. The average molecular weight is 356 g/mol. The first kappa shape index (κ1) is 16.9. The van der Waals surface area contributed by atoms with E-state index in [-0.39, 0.29) is 23.7 Å². The van der Waals surface area contributed by atoms with Crippen molar-refractivity contribution < 1.29 is 12.8 Å². The number of aromatic nitrogens is 2. The van der Waals surface area contributed by atoms with E-state index in [1.807, 2.05) is 4.72 Å². The Morgan fingerprint density at radius 3 is 2.65 bits per heavy atom. The van der Waals surface area contributed by atoms with Crippen LogP contribution in [0.1, 0.15) is 0 Å². The molecule has 0 atom stereocenters. The second kappa shape index (κ2) is 6.76. The molecule has 0 saturated heterocycles. The van der Waals surface area contributed by atoms with Gasteiger partial charge in [-0.1, -0.05) is 6.07 Å². The van der Waals surface area contributed by atoms with Gasteiger partial charge in [0.25, 0.3) is 0 Å². The lowest BCUT2D eigenvalue weighted by Gasteiger charge is -2.08. The maximum atomic E-state index is 13.6. The van der Waals surface area contributed by atoms with Crippen molar-refractivity contribution in [3.63, 3.8) is 0 Å². The molecule has 0 saturated carbocycles. The van der Waals surface area contributed by atoms with Crippen LogP contribution in [0.4, 0.5) is 10.1 Å². The smallest absolute Gasteiger partial charge is 0.249 e. The summed E-state index contributed by atoms with van der Waals surface area (Å²) in [6.45, 7) is 0. The lowest BCUT2D eigenvalue weighted by molar-refractivity contribution is 0.614. The Bertz CT molecular complexity index is 996. The Morgan fingerprint density at radius 1 is 1.13 bits per heavy atom. The third kappa shape index (κ3) is 3.49. The van der Waals surface area contributed by atoms with Crippen molar-refractivity contribution in [2.45, 2.75) is 0 Å². The van der Waals surface area contributed by atoms with Gasteiger partial charge >= 0.3 is 0 Å². The van der Waals surface area contributed by atoms with Crippen LogP contribution >= 0.6 is 12.4 Å². The van der Waals surface area contributed by atoms with Crippen LogP contribution in [0.5, 0.6) is 0 Å². The number of pyridine rings is 2. The van der Waals surface area contributed by atoms with Crippen molar-refractivity contribution in [1.82, 2.24) is 9.97 Å². The first-order chi connectivity index (χ1) is 10.5. The molecule has 9 heteroatoms. The molecular formula is C14H11ClFN3O3S. The van der Waals surface area contributed by atoms with E-state index in [0.29, 0.717) is 22.2 Å². The van der Waals surface area contributed by atoms with Gasteiger partial charge in [-0.25, -0.2) is 17.8 Å². The van der Waals surface area contributed by atoms with Gasteiger partial charge in [-0.2, -0.15) is 0 Å². The van der Waals surface area contributed by atoms with Gasteiger partial charge in [0.1, 0.15) is 11.5 Å². The maximum absolute atomic E-state index is 13.6. The highest BCUT2D eigenvalue weighted by Gasteiger charge is 2.09. The number of rotatable bonds is 3. The molecule has 0 aliphatic rings. The van der Waals surface area contributed by atoms with Crippen LogP contribution in [-0.2, 0) is 10.9 Å². The molecule has 2 heterocycles. The van der Waals surface area contributed by atoms with E-state index in [2.05, 4.69) is 9.97 Å². The minimum atomic E-state index is -2.96. The zero-order valence-corrected chi connectivity index (χ0v) is 13.2. The number of hydrogen-bond donors (Lipinski definition) is 3. The van der Waals surface area contributed by atoms with Crippen molar-refractivity contribution in [3.8, 4) is 11.1 Å². The van der Waals surface area contributed by atoms with E-state index in [9.17, 15) is 17.6 Å². The number of H-pyrrole nitrogens is 1. The molecule has 1 aromatic carbocycles. The predicted octanol–water partition coefficient (Wildman–Crippen LogP) is 2.09. The second-order valence-corrected chi connectivity index (χ2v) is 5.24. The van der Waals surface area contributed by atoms with Gasteiger partial charge in [0.05, 0.1) is 5.69 Å². The molecule has 6 nitrogen and oxygen atoms in total. The molecule has 0 unspecified atom stereocenters. The minimum absolute atomic E-state index is 0. The number of anilines is 1. The normalized spacial score (nSPS) is 10.5. The lowest BCUT2D eigenvalue weighted by atomic mass is 10.0. The molecular weight excluding hydrogens is 345 g/mol. The second-order valence-electron chi connectivity index (χ2n) is 4.51. The van der Waals surface area contributed by atoms with Crippen molar-refractivity contribution in [1.29, 1.82) is 0 Å². The number of benzene rings is 1. The zero-order valence-electron chi connectivity index (χ0n) is 11.4. The van der Waals surface area contributed by atoms with Gasteiger partial charge in [0.2, 0.25) is 16.4 Å². The monoisotopic (exact) mass is 355 g/mol. The third-order valence-corrected chi connectivity index (χ3v) is 3.55. The number of nitrogens with one attached hydrogen (secondary N) is 2. The first-order valence-electron chi connectivity index (χ1n) is 6.23. The molecule has 3 rings (SSSR count). The van der Waals surface area contributed by atoms with Gasteiger partial charge in [-0.15, -0.1) is 12.4 Å². The summed E-state index contributed by atoms with van der Waals surface area (Å²) >= 11 is 0. The molecule has 0 spiro atoms. The summed E-state index contributed by atoms with van der Waals surface area (Å²) in [7, 11) is -2.96. The van der Waals surface area contributed by atoms with Crippen molar-refractivity contribution >= 4 is 40.0 Å². The Kier molecular flexibility index (Phi) is 4.97. The zero-order chi connectivity index (χ0) is 15.7. The molecule has 2 aromatic heterocycles. The highest BCUT2D eigenvalue weighted by molar-refractivity contribution is 7.73. The van der Waals surface area contributed by atoms with Crippen LogP contribution in [0.15, 0.2) is 47.4 Å². The van der Waals surface area contributed by atoms with Crippen LogP contribution < -0.4 is 10.3 Å². The molecule has 23 heavy (non-hydrogen) atoms. The molecule has 0 amide bonds. The van der Waals surface area contributed by atoms with E-state index in [4.69, 9.17) is 0 Å². The van der Waals surface area contributed by atoms with E-state index in [1.54, 1.807) is 12.1 Å². The summed E-state index contributed by atoms with van der Waals surface area (Å²) in [4.78, 5) is 18.0.